The summed E-state index contributed by atoms with van der Waals surface area (Å²) in [6, 6.07) is 5.86. The second kappa shape index (κ2) is 6.98. The molecule has 0 aliphatic rings. The molecular formula is C7H12NO3P. The number of hydrogen-bond acceptors (Lipinski definition) is 3. The molecule has 1 rings (SSSR count). The van der Waals surface area contributed by atoms with Gasteiger partial charge < -0.3 is 9.42 Å². The van der Waals surface area contributed by atoms with Crippen LogP contribution in [0.4, 0.5) is 0 Å². The first-order valence-corrected chi connectivity index (χ1v) is 4.57. The lowest BCUT2D eigenvalue weighted by atomic mass is 10.4. The summed E-state index contributed by atoms with van der Waals surface area (Å²) in [6.45, 7) is 1.97. The van der Waals surface area contributed by atoms with Crippen LogP contribution in [0.15, 0.2) is 24.4 Å². The van der Waals surface area contributed by atoms with Crippen molar-refractivity contribution in [3.8, 4) is 0 Å². The van der Waals surface area contributed by atoms with Crippen molar-refractivity contribution in [2.75, 3.05) is 7.11 Å². The average molecular weight is 189 g/mol. The summed E-state index contributed by atoms with van der Waals surface area (Å²) in [7, 11) is -1.44. The molecule has 0 saturated carbocycles. The minimum absolute atomic E-state index is 1.07. The Balaban J connectivity index is 0.000000217. The first-order chi connectivity index (χ1) is 5.66. The zero-order chi connectivity index (χ0) is 9.40. The molecule has 1 heterocycles. The van der Waals surface area contributed by atoms with Gasteiger partial charge in [0.15, 0.2) is 0 Å². The van der Waals surface area contributed by atoms with E-state index in [2.05, 4.69) is 9.51 Å². The van der Waals surface area contributed by atoms with Gasteiger partial charge in [-0.1, -0.05) is 6.07 Å². The van der Waals surface area contributed by atoms with Crippen LogP contribution in [0.2, 0.25) is 0 Å². The van der Waals surface area contributed by atoms with Crippen molar-refractivity contribution in [2.24, 2.45) is 0 Å². The third-order valence-electron chi connectivity index (χ3n) is 0.987. The predicted molar refractivity (Wildman–Crippen MR) is 47.2 cm³/mol. The number of hydrogen-bond donors (Lipinski definition) is 1. The lowest BCUT2D eigenvalue weighted by Gasteiger charge is -1.82. The molecule has 68 valence electrons. The summed E-state index contributed by atoms with van der Waals surface area (Å²) >= 11 is 0. The van der Waals surface area contributed by atoms with Crippen LogP contribution in [0.3, 0.4) is 0 Å². The van der Waals surface area contributed by atoms with Gasteiger partial charge in [-0.05, 0) is 19.1 Å². The van der Waals surface area contributed by atoms with Crippen LogP contribution in [-0.4, -0.2) is 17.0 Å². The Bertz CT molecular complexity index is 227. The summed E-state index contributed by atoms with van der Waals surface area (Å²) in [6.07, 6.45) is 1.79. The molecule has 1 unspecified atom stereocenters. The van der Waals surface area contributed by atoms with E-state index in [0.717, 1.165) is 5.69 Å². The Morgan fingerprint density at radius 2 is 2.17 bits per heavy atom. The maximum atomic E-state index is 9.33. The number of pyridine rings is 1. The molecule has 0 fully saturated rings. The fourth-order valence-corrected chi connectivity index (χ4v) is 0.448. The van der Waals surface area contributed by atoms with Crippen LogP contribution in [-0.2, 0) is 9.09 Å². The third-order valence-corrected chi connectivity index (χ3v) is 1.34. The second-order valence-electron chi connectivity index (χ2n) is 1.94. The second-order valence-corrected chi connectivity index (χ2v) is 2.88. The Hall–Kier alpha value is -0.700. The SMILES string of the molecule is CO[PH](=O)O.Cc1ccccn1. The van der Waals surface area contributed by atoms with Crippen molar-refractivity contribution in [2.45, 2.75) is 6.92 Å². The summed E-state index contributed by atoms with van der Waals surface area (Å²) in [5, 5.41) is 0. The van der Waals surface area contributed by atoms with Gasteiger partial charge in [-0.3, -0.25) is 9.55 Å². The Kier molecular flexibility index (Phi) is 6.57. The fourth-order valence-electron chi connectivity index (χ4n) is 0.448. The molecule has 1 atom stereocenters. The molecule has 0 bridgehead atoms. The van der Waals surface area contributed by atoms with Crippen molar-refractivity contribution in [1.29, 1.82) is 0 Å². The van der Waals surface area contributed by atoms with Crippen LogP contribution in [0.5, 0.6) is 0 Å². The van der Waals surface area contributed by atoms with E-state index in [1.807, 2.05) is 25.1 Å². The Morgan fingerprint density at radius 1 is 1.58 bits per heavy atom. The molecule has 1 aromatic rings. The topological polar surface area (TPSA) is 59.4 Å². The highest BCUT2D eigenvalue weighted by molar-refractivity contribution is 7.32. The largest absolute Gasteiger partial charge is 0.326 e. The van der Waals surface area contributed by atoms with Crippen molar-refractivity contribution in [3.63, 3.8) is 0 Å². The van der Waals surface area contributed by atoms with E-state index in [0.29, 0.717) is 0 Å². The molecule has 12 heavy (non-hydrogen) atoms. The van der Waals surface area contributed by atoms with Crippen molar-refractivity contribution in [1.82, 2.24) is 4.98 Å². The van der Waals surface area contributed by atoms with E-state index in [-0.39, 0.29) is 0 Å². The van der Waals surface area contributed by atoms with Crippen LogP contribution < -0.4 is 0 Å². The van der Waals surface area contributed by atoms with E-state index in [9.17, 15) is 4.57 Å². The third kappa shape index (κ3) is 7.41. The first-order valence-electron chi connectivity index (χ1n) is 3.31. The van der Waals surface area contributed by atoms with Crippen molar-refractivity contribution in [3.05, 3.63) is 30.1 Å². The van der Waals surface area contributed by atoms with E-state index in [4.69, 9.17) is 4.89 Å². The van der Waals surface area contributed by atoms with Crippen molar-refractivity contribution < 1.29 is 14.0 Å². The molecular weight excluding hydrogens is 177 g/mol. The monoisotopic (exact) mass is 189 g/mol. The van der Waals surface area contributed by atoms with Gasteiger partial charge in [0, 0.05) is 19.0 Å². The van der Waals surface area contributed by atoms with Gasteiger partial charge in [-0.15, -0.1) is 0 Å². The molecule has 0 aromatic carbocycles. The normalized spacial score (nSPS) is 11.2. The van der Waals surface area contributed by atoms with Gasteiger partial charge in [-0.2, -0.15) is 0 Å². The Morgan fingerprint density at radius 3 is 2.33 bits per heavy atom. The van der Waals surface area contributed by atoms with Crippen LogP contribution in [0, 0.1) is 6.92 Å². The molecule has 1 aromatic heterocycles. The number of aryl methyl sites for hydroxylation is 1. The first kappa shape index (κ1) is 11.3. The number of rotatable bonds is 1. The minimum atomic E-state index is -2.62. The molecule has 0 amide bonds. The van der Waals surface area contributed by atoms with Gasteiger partial charge in [-0.25, -0.2) is 0 Å². The predicted octanol–water partition coefficient (Wildman–Crippen LogP) is 1.40. The minimum Gasteiger partial charge on any atom is -0.326 e. The lowest BCUT2D eigenvalue weighted by Crippen LogP contribution is -1.72. The fraction of sp³-hybridized carbons (Fsp3) is 0.286. The average Bonchev–Trinajstić information content (AvgIpc) is 2.07. The molecule has 5 heteroatoms. The Labute approximate surface area is 72.2 Å². The lowest BCUT2D eigenvalue weighted by molar-refractivity contribution is 0.343. The van der Waals surface area contributed by atoms with Gasteiger partial charge in [0.05, 0.1) is 0 Å². The quantitative estimate of drug-likeness (QED) is 0.678. The number of nitrogens with zero attached hydrogens (tertiary/aromatic N) is 1. The molecule has 0 radical (unpaired) electrons. The van der Waals surface area contributed by atoms with Gasteiger partial charge in [0.2, 0.25) is 0 Å². The maximum absolute atomic E-state index is 9.33. The summed E-state index contributed by atoms with van der Waals surface area (Å²) in [5.41, 5.74) is 1.07. The van der Waals surface area contributed by atoms with Gasteiger partial charge in [0.1, 0.15) is 0 Å². The van der Waals surface area contributed by atoms with Gasteiger partial charge >= 0.3 is 8.25 Å². The van der Waals surface area contributed by atoms with Gasteiger partial charge in [0.25, 0.3) is 0 Å². The van der Waals surface area contributed by atoms with Crippen LogP contribution >= 0.6 is 8.25 Å². The molecule has 0 aliphatic carbocycles. The zero-order valence-electron chi connectivity index (χ0n) is 7.02. The molecule has 0 aliphatic heterocycles. The highest BCUT2D eigenvalue weighted by atomic mass is 31.1. The standard InChI is InChI=1S/C6H7N.CH5O3P/c1-6-4-2-3-5-7-6;1-4-5(2)3/h2-5H,1H3;5H,1H3,(H,2,3). The zero-order valence-corrected chi connectivity index (χ0v) is 8.02. The van der Waals surface area contributed by atoms with E-state index >= 15 is 0 Å². The summed E-state index contributed by atoms with van der Waals surface area (Å²) in [5.74, 6) is 0. The maximum Gasteiger partial charge on any atom is 0.316 e. The van der Waals surface area contributed by atoms with E-state index in [1.165, 1.54) is 7.11 Å². The summed E-state index contributed by atoms with van der Waals surface area (Å²) in [4.78, 5) is 11.7. The highest BCUT2D eigenvalue weighted by Gasteiger charge is 1.74. The van der Waals surface area contributed by atoms with E-state index < -0.39 is 8.25 Å². The smallest absolute Gasteiger partial charge is 0.316 e. The molecule has 0 spiro atoms. The highest BCUT2D eigenvalue weighted by Crippen LogP contribution is 2.09. The summed E-state index contributed by atoms with van der Waals surface area (Å²) < 4.78 is 13.2. The molecule has 4 nitrogen and oxygen atoms in total. The van der Waals surface area contributed by atoms with Crippen LogP contribution in [0.25, 0.3) is 0 Å². The van der Waals surface area contributed by atoms with E-state index in [1.54, 1.807) is 6.20 Å². The van der Waals surface area contributed by atoms with Crippen LogP contribution in [0.1, 0.15) is 5.69 Å². The number of aromatic nitrogens is 1. The van der Waals surface area contributed by atoms with Crippen molar-refractivity contribution >= 4 is 8.25 Å². The molecule has 1 N–H and O–H groups in total. The molecule has 0 saturated heterocycles.